The third-order valence-corrected chi connectivity index (χ3v) is 1.89. The average Bonchev–Trinajstić information content (AvgIpc) is 2.13. The quantitative estimate of drug-likeness (QED) is 0.439. The first-order chi connectivity index (χ1) is 5.39. The normalized spacial score (nSPS) is 15.6. The Kier molecular flexibility index (Phi) is 28.6. The molecule has 0 N–H and O–H groups in total. The summed E-state index contributed by atoms with van der Waals surface area (Å²) >= 11 is 0. The molecule has 2 nitrogen and oxygen atoms in total. The van der Waals surface area contributed by atoms with Crippen LogP contribution in [0.25, 0.3) is 0 Å². The molecule has 0 radical (unpaired) electrons. The van der Waals surface area contributed by atoms with E-state index in [2.05, 4.69) is 6.92 Å². The van der Waals surface area contributed by atoms with Crippen molar-refractivity contribution in [1.82, 2.24) is 0 Å². The summed E-state index contributed by atoms with van der Waals surface area (Å²) in [6.07, 6.45) is 7.44. The summed E-state index contributed by atoms with van der Waals surface area (Å²) in [4.78, 5) is 8.00. The topological polar surface area (TPSA) is 40.1 Å². The second kappa shape index (κ2) is 18.1. The molecule has 1 aliphatic carbocycles. The van der Waals surface area contributed by atoms with Gasteiger partial charge in [0.25, 0.3) is 0 Å². The molecule has 0 unspecified atom stereocenters. The van der Waals surface area contributed by atoms with Gasteiger partial charge in [-0.3, -0.25) is 0 Å². The molecule has 1 rings (SSSR count). The molecular weight excluding hydrogens is 179 g/mol. The van der Waals surface area contributed by atoms with E-state index in [0.29, 0.717) is 0 Å². The van der Waals surface area contributed by atoms with Gasteiger partial charge < -0.3 is 9.90 Å². The summed E-state index contributed by atoms with van der Waals surface area (Å²) in [5.41, 5.74) is 0. The van der Waals surface area contributed by atoms with Crippen molar-refractivity contribution in [2.24, 2.45) is 5.92 Å². The van der Waals surface area contributed by atoms with Gasteiger partial charge in [-0.05, 0) is 5.92 Å². The number of carbonyl (C=O) groups excluding carboxylic acids is 1. The average molecular weight is 198 g/mol. The fourth-order valence-electron chi connectivity index (χ4n) is 1.31. The molecule has 1 saturated carbocycles. The van der Waals surface area contributed by atoms with Crippen LogP contribution in [-0.4, -0.2) is 13.9 Å². The summed E-state index contributed by atoms with van der Waals surface area (Å²) < 4.78 is 0. The molecule has 0 aromatic rings. The molecule has 1 fully saturated rings. The second-order valence-corrected chi connectivity index (χ2v) is 2.74. The largest absolute Gasteiger partial charge is 1.00 e. The molecule has 12 heavy (non-hydrogen) atoms. The maximum absolute atomic E-state index is 8.25. The van der Waals surface area contributed by atoms with E-state index in [0.717, 1.165) is 13.0 Å². The van der Waals surface area contributed by atoms with Gasteiger partial charge >= 0.3 is 51.4 Å². The van der Waals surface area contributed by atoms with Crippen molar-refractivity contribution in [3.63, 3.8) is 0 Å². The molecule has 0 amide bonds. The Labute approximate surface area is 119 Å². The Bertz CT molecular complexity index is 63.5. The van der Waals surface area contributed by atoms with E-state index in [1.165, 1.54) is 32.1 Å². The van der Waals surface area contributed by atoms with Crippen LogP contribution in [-0.2, 0) is 4.79 Å². The minimum absolute atomic E-state index is 0. The number of carbonyl (C=O) groups is 1. The SMILES string of the molecule is C=O.CC1CCCCC1.C[O-].[K+]. The summed E-state index contributed by atoms with van der Waals surface area (Å²) in [6, 6.07) is 0. The van der Waals surface area contributed by atoms with Crippen LogP contribution in [0.3, 0.4) is 0 Å². The van der Waals surface area contributed by atoms with Crippen molar-refractivity contribution >= 4 is 6.79 Å². The van der Waals surface area contributed by atoms with Crippen molar-refractivity contribution < 1.29 is 61.3 Å². The zero-order valence-electron chi connectivity index (χ0n) is 8.64. The minimum Gasteiger partial charge on any atom is -0.857 e. The van der Waals surface area contributed by atoms with Crippen LogP contribution in [0.15, 0.2) is 0 Å². The minimum atomic E-state index is 0. The van der Waals surface area contributed by atoms with Gasteiger partial charge in [-0.15, -0.1) is 0 Å². The van der Waals surface area contributed by atoms with Gasteiger partial charge in [0, 0.05) is 0 Å². The Hall–Kier alpha value is 1.27. The van der Waals surface area contributed by atoms with Crippen LogP contribution in [0, 0.1) is 5.92 Å². The van der Waals surface area contributed by atoms with E-state index < -0.39 is 0 Å². The molecule has 0 heterocycles. The number of hydrogen-bond donors (Lipinski definition) is 0. The Morgan fingerprint density at radius 3 is 1.58 bits per heavy atom. The van der Waals surface area contributed by atoms with Crippen LogP contribution < -0.4 is 56.5 Å². The molecule has 0 spiro atoms. The third kappa shape index (κ3) is 13.8. The van der Waals surface area contributed by atoms with Gasteiger partial charge in [0.1, 0.15) is 6.79 Å². The molecular formula is C9H19KO2. The van der Waals surface area contributed by atoms with Crippen LogP contribution in [0.4, 0.5) is 0 Å². The maximum atomic E-state index is 8.25. The molecule has 1 aliphatic rings. The zero-order valence-corrected chi connectivity index (χ0v) is 11.8. The first-order valence-corrected chi connectivity index (χ1v) is 4.09. The maximum Gasteiger partial charge on any atom is 1.00 e. The molecule has 0 saturated heterocycles. The molecule has 68 valence electrons. The summed E-state index contributed by atoms with van der Waals surface area (Å²) in [5, 5.41) is 8.25. The predicted octanol–water partition coefficient (Wildman–Crippen LogP) is -1.62. The van der Waals surface area contributed by atoms with Gasteiger partial charge in [-0.25, -0.2) is 0 Å². The van der Waals surface area contributed by atoms with Crippen LogP contribution in [0.1, 0.15) is 39.0 Å². The second-order valence-electron chi connectivity index (χ2n) is 2.74. The van der Waals surface area contributed by atoms with E-state index in [-0.39, 0.29) is 51.4 Å². The Morgan fingerprint density at radius 1 is 1.08 bits per heavy atom. The smallest absolute Gasteiger partial charge is 0.857 e. The van der Waals surface area contributed by atoms with Crippen molar-refractivity contribution in [3.8, 4) is 0 Å². The summed E-state index contributed by atoms with van der Waals surface area (Å²) in [7, 11) is 0.750. The Morgan fingerprint density at radius 2 is 1.42 bits per heavy atom. The van der Waals surface area contributed by atoms with Crippen molar-refractivity contribution in [1.29, 1.82) is 0 Å². The van der Waals surface area contributed by atoms with Crippen molar-refractivity contribution in [2.75, 3.05) is 7.11 Å². The van der Waals surface area contributed by atoms with Crippen molar-refractivity contribution in [2.45, 2.75) is 39.0 Å². The van der Waals surface area contributed by atoms with E-state index in [1.54, 1.807) is 0 Å². The van der Waals surface area contributed by atoms with E-state index >= 15 is 0 Å². The van der Waals surface area contributed by atoms with Gasteiger partial charge in [-0.1, -0.05) is 39.0 Å². The van der Waals surface area contributed by atoms with Gasteiger partial charge in [-0.2, -0.15) is 7.11 Å². The van der Waals surface area contributed by atoms with Crippen LogP contribution in [0.5, 0.6) is 0 Å². The van der Waals surface area contributed by atoms with Gasteiger partial charge in [0.05, 0.1) is 0 Å². The molecule has 0 bridgehead atoms. The molecule has 3 heteroatoms. The molecule has 0 atom stereocenters. The van der Waals surface area contributed by atoms with E-state index in [4.69, 9.17) is 9.90 Å². The molecule has 0 aliphatic heterocycles. The number of rotatable bonds is 0. The summed E-state index contributed by atoms with van der Waals surface area (Å²) in [6.45, 7) is 4.36. The first kappa shape index (κ1) is 18.9. The first-order valence-electron chi connectivity index (χ1n) is 4.09. The molecule has 0 aromatic carbocycles. The van der Waals surface area contributed by atoms with Crippen molar-refractivity contribution in [3.05, 3.63) is 0 Å². The van der Waals surface area contributed by atoms with E-state index in [1.807, 2.05) is 6.79 Å². The fraction of sp³-hybridized carbons (Fsp3) is 0.889. The van der Waals surface area contributed by atoms with Crippen LogP contribution >= 0.6 is 0 Å². The summed E-state index contributed by atoms with van der Waals surface area (Å²) in [5.74, 6) is 1.04. The predicted molar refractivity (Wildman–Crippen MR) is 45.3 cm³/mol. The third-order valence-electron chi connectivity index (χ3n) is 1.89. The van der Waals surface area contributed by atoms with Gasteiger partial charge in [0.15, 0.2) is 0 Å². The Balaban J connectivity index is -0.000000144. The van der Waals surface area contributed by atoms with Crippen LogP contribution in [0.2, 0.25) is 0 Å². The van der Waals surface area contributed by atoms with E-state index in [9.17, 15) is 0 Å². The standard InChI is InChI=1S/C7H14.CH3O.CH2O.K/c1-7-5-3-2-4-6-7;2*1-2;/h7H,2-6H2,1H3;1H3;1H2;/q;-1;;+1. The fourth-order valence-corrected chi connectivity index (χ4v) is 1.31. The number of hydrogen-bond acceptors (Lipinski definition) is 2. The van der Waals surface area contributed by atoms with Gasteiger partial charge in [0.2, 0.25) is 0 Å². The zero-order chi connectivity index (χ0) is 9.11. The molecule has 0 aromatic heterocycles. The monoisotopic (exact) mass is 198 g/mol.